The lowest BCUT2D eigenvalue weighted by molar-refractivity contribution is -0.127. The Kier molecular flexibility index (Phi) is 2.61. The summed E-state index contributed by atoms with van der Waals surface area (Å²) in [7, 11) is 0. The molecule has 1 aromatic rings. The Balaban J connectivity index is 1.57. The van der Waals surface area contributed by atoms with Crippen molar-refractivity contribution in [3.8, 4) is 0 Å². The highest BCUT2D eigenvalue weighted by molar-refractivity contribution is 5.73. The van der Waals surface area contributed by atoms with Crippen molar-refractivity contribution in [2.24, 2.45) is 5.92 Å². The number of nitrogens with zero attached hydrogens (tertiary/aromatic N) is 3. The van der Waals surface area contributed by atoms with E-state index in [2.05, 4.69) is 10.1 Å². The fourth-order valence-electron chi connectivity index (χ4n) is 2.39. The summed E-state index contributed by atoms with van der Waals surface area (Å²) in [6.45, 7) is 3.33. The van der Waals surface area contributed by atoms with Crippen molar-refractivity contribution in [3.05, 3.63) is 11.7 Å². The number of aromatic nitrogens is 2. The van der Waals surface area contributed by atoms with Crippen LogP contribution in [0.25, 0.3) is 0 Å². The molecule has 3 rings (SSSR count). The van der Waals surface area contributed by atoms with E-state index in [4.69, 9.17) is 4.52 Å². The molecule has 1 saturated heterocycles. The molecule has 17 heavy (non-hydrogen) atoms. The highest BCUT2D eigenvalue weighted by Gasteiger charge is 2.31. The average molecular weight is 235 g/mol. The lowest BCUT2D eigenvalue weighted by atomic mass is 10.1. The Morgan fingerprint density at radius 2 is 2.29 bits per heavy atom. The van der Waals surface area contributed by atoms with Gasteiger partial charge in [-0.2, -0.15) is 4.98 Å². The molecule has 92 valence electrons. The fourth-order valence-corrected chi connectivity index (χ4v) is 2.39. The Morgan fingerprint density at radius 1 is 1.47 bits per heavy atom. The molecule has 1 amide bonds. The number of hydrogen-bond donors (Lipinski definition) is 0. The van der Waals surface area contributed by atoms with E-state index in [1.54, 1.807) is 6.92 Å². The van der Waals surface area contributed by atoms with E-state index in [9.17, 15) is 4.79 Å². The topological polar surface area (TPSA) is 59.2 Å². The molecule has 2 aliphatic rings. The van der Waals surface area contributed by atoms with E-state index in [1.165, 1.54) is 12.8 Å². The van der Waals surface area contributed by atoms with Gasteiger partial charge >= 0.3 is 0 Å². The van der Waals surface area contributed by atoms with Crippen molar-refractivity contribution in [3.63, 3.8) is 0 Å². The minimum Gasteiger partial charge on any atom is -0.343 e. The number of carbonyl (C=O) groups is 1. The van der Waals surface area contributed by atoms with Crippen molar-refractivity contribution < 1.29 is 9.32 Å². The Hall–Kier alpha value is -1.39. The maximum atomic E-state index is 11.2. The average Bonchev–Trinajstić information content (AvgIpc) is 2.87. The van der Waals surface area contributed by atoms with Crippen molar-refractivity contribution in [2.45, 2.75) is 38.5 Å². The smallest absolute Gasteiger partial charge is 0.229 e. The second kappa shape index (κ2) is 4.13. The summed E-state index contributed by atoms with van der Waals surface area (Å²) in [6, 6.07) is 0. The van der Waals surface area contributed by atoms with Gasteiger partial charge in [0, 0.05) is 32.4 Å². The summed E-state index contributed by atoms with van der Waals surface area (Å²) in [5.74, 6) is 2.79. The third-order valence-electron chi connectivity index (χ3n) is 3.61. The Morgan fingerprint density at radius 3 is 2.94 bits per heavy atom. The van der Waals surface area contributed by atoms with Crippen LogP contribution in [0.5, 0.6) is 0 Å². The van der Waals surface area contributed by atoms with Gasteiger partial charge in [0.15, 0.2) is 5.82 Å². The maximum Gasteiger partial charge on any atom is 0.229 e. The third kappa shape index (κ3) is 2.33. The van der Waals surface area contributed by atoms with Crippen LogP contribution in [0.15, 0.2) is 4.52 Å². The molecular weight excluding hydrogens is 218 g/mol. The first kappa shape index (κ1) is 10.7. The number of hydrogen-bond acceptors (Lipinski definition) is 4. The molecule has 1 aliphatic heterocycles. The van der Waals surface area contributed by atoms with Crippen molar-refractivity contribution in [1.82, 2.24) is 15.0 Å². The predicted molar refractivity (Wildman–Crippen MR) is 60.3 cm³/mol. The first-order valence-electron chi connectivity index (χ1n) is 6.30. The molecule has 1 atom stereocenters. The van der Waals surface area contributed by atoms with Crippen LogP contribution < -0.4 is 0 Å². The van der Waals surface area contributed by atoms with Crippen LogP contribution in [-0.4, -0.2) is 34.0 Å². The van der Waals surface area contributed by atoms with Gasteiger partial charge in [0.25, 0.3) is 0 Å². The summed E-state index contributed by atoms with van der Waals surface area (Å²) in [6.07, 6.45) is 4.25. The summed E-state index contributed by atoms with van der Waals surface area (Å²) < 4.78 is 5.23. The Labute approximate surface area is 100 Å². The minimum atomic E-state index is 0.166. The van der Waals surface area contributed by atoms with E-state index in [1.807, 2.05) is 4.90 Å². The summed E-state index contributed by atoms with van der Waals surface area (Å²) in [5, 5.41) is 4.02. The maximum absolute atomic E-state index is 11.2. The number of rotatable bonds is 3. The molecule has 0 N–H and O–H groups in total. The first-order valence-corrected chi connectivity index (χ1v) is 6.30. The number of likely N-dealkylation sites (tertiary alicyclic amines) is 1. The lowest BCUT2D eigenvalue weighted by Gasteiger charge is -2.12. The molecule has 1 aliphatic carbocycles. The standard InChI is InChI=1S/C12H17N3O2/c1-8(16)15-5-4-9(7-15)6-11-13-12(17-14-11)10-2-3-10/h9-10H,2-7H2,1H3. The van der Waals surface area contributed by atoms with E-state index in [0.717, 1.165) is 37.6 Å². The molecule has 0 aromatic carbocycles. The Bertz CT molecular complexity index is 425. The zero-order chi connectivity index (χ0) is 11.8. The normalized spacial score (nSPS) is 24.3. The third-order valence-corrected chi connectivity index (χ3v) is 3.61. The second-order valence-electron chi connectivity index (χ2n) is 5.15. The first-order chi connectivity index (χ1) is 8.22. The molecule has 5 heteroatoms. The van der Waals surface area contributed by atoms with Crippen molar-refractivity contribution in [1.29, 1.82) is 0 Å². The van der Waals surface area contributed by atoms with Crippen LogP contribution in [0.2, 0.25) is 0 Å². The summed E-state index contributed by atoms with van der Waals surface area (Å²) >= 11 is 0. The van der Waals surface area contributed by atoms with E-state index in [-0.39, 0.29) is 5.91 Å². The zero-order valence-corrected chi connectivity index (χ0v) is 10.1. The largest absolute Gasteiger partial charge is 0.343 e. The van der Waals surface area contributed by atoms with Crippen LogP contribution >= 0.6 is 0 Å². The van der Waals surface area contributed by atoms with Gasteiger partial charge in [0.2, 0.25) is 11.8 Å². The van der Waals surface area contributed by atoms with Crippen LogP contribution in [0.3, 0.4) is 0 Å². The molecule has 1 unspecified atom stereocenters. The van der Waals surface area contributed by atoms with Gasteiger partial charge in [0.1, 0.15) is 0 Å². The monoisotopic (exact) mass is 235 g/mol. The molecular formula is C12H17N3O2. The lowest BCUT2D eigenvalue weighted by Crippen LogP contribution is -2.26. The van der Waals surface area contributed by atoms with E-state index in [0.29, 0.717) is 11.8 Å². The highest BCUT2D eigenvalue weighted by Crippen LogP contribution is 2.39. The molecule has 2 heterocycles. The van der Waals surface area contributed by atoms with Gasteiger partial charge in [-0.1, -0.05) is 5.16 Å². The number of amides is 1. The number of carbonyl (C=O) groups excluding carboxylic acids is 1. The van der Waals surface area contributed by atoms with E-state index >= 15 is 0 Å². The van der Waals surface area contributed by atoms with Gasteiger partial charge in [-0.3, -0.25) is 4.79 Å². The SMILES string of the molecule is CC(=O)N1CCC(Cc2noc(C3CC3)n2)C1. The molecule has 2 fully saturated rings. The van der Waals surface area contributed by atoms with Gasteiger partial charge in [-0.15, -0.1) is 0 Å². The van der Waals surface area contributed by atoms with Crippen LogP contribution in [0, 0.1) is 5.92 Å². The molecule has 1 saturated carbocycles. The molecule has 5 nitrogen and oxygen atoms in total. The molecule has 0 spiro atoms. The second-order valence-corrected chi connectivity index (χ2v) is 5.15. The van der Waals surface area contributed by atoms with Crippen LogP contribution in [0.1, 0.15) is 43.8 Å². The summed E-state index contributed by atoms with van der Waals surface area (Å²) in [5.41, 5.74) is 0. The van der Waals surface area contributed by atoms with Crippen LogP contribution in [0.4, 0.5) is 0 Å². The van der Waals surface area contributed by atoms with Gasteiger partial charge < -0.3 is 9.42 Å². The zero-order valence-electron chi connectivity index (χ0n) is 10.1. The van der Waals surface area contributed by atoms with Gasteiger partial charge in [0.05, 0.1) is 0 Å². The van der Waals surface area contributed by atoms with Crippen molar-refractivity contribution in [2.75, 3.05) is 13.1 Å². The van der Waals surface area contributed by atoms with Crippen molar-refractivity contribution >= 4 is 5.91 Å². The summed E-state index contributed by atoms with van der Waals surface area (Å²) in [4.78, 5) is 17.5. The molecule has 0 bridgehead atoms. The molecule has 1 aromatic heterocycles. The van der Waals surface area contributed by atoms with Crippen LogP contribution in [-0.2, 0) is 11.2 Å². The van der Waals surface area contributed by atoms with E-state index < -0.39 is 0 Å². The minimum absolute atomic E-state index is 0.166. The van der Waals surface area contributed by atoms with Gasteiger partial charge in [-0.25, -0.2) is 0 Å². The molecule has 0 radical (unpaired) electrons. The highest BCUT2D eigenvalue weighted by atomic mass is 16.5. The predicted octanol–water partition coefficient (Wildman–Crippen LogP) is 1.36. The fraction of sp³-hybridized carbons (Fsp3) is 0.750. The quantitative estimate of drug-likeness (QED) is 0.793. The van der Waals surface area contributed by atoms with Gasteiger partial charge in [-0.05, 0) is 25.2 Å².